The zero-order valence-corrected chi connectivity index (χ0v) is 12.5. The van der Waals surface area contributed by atoms with Gasteiger partial charge in [-0.3, -0.25) is 4.79 Å². The zero-order chi connectivity index (χ0) is 13.8. The third-order valence-electron chi connectivity index (χ3n) is 3.21. The highest BCUT2D eigenvalue weighted by Crippen LogP contribution is 2.26. The number of benzene rings is 1. The molecule has 104 valence electrons. The van der Waals surface area contributed by atoms with Gasteiger partial charge in [-0.2, -0.15) is 0 Å². The molecule has 1 aliphatic rings. The van der Waals surface area contributed by atoms with Crippen LogP contribution in [0.15, 0.2) is 22.7 Å². The summed E-state index contributed by atoms with van der Waals surface area (Å²) in [4.78, 5) is 14.0. The molecule has 2 rings (SSSR count). The number of amides is 1. The Kier molecular flexibility index (Phi) is 4.80. The van der Waals surface area contributed by atoms with E-state index in [4.69, 9.17) is 4.74 Å². The van der Waals surface area contributed by atoms with Crippen LogP contribution in [0.2, 0.25) is 0 Å². The van der Waals surface area contributed by atoms with Gasteiger partial charge < -0.3 is 9.64 Å². The number of likely N-dealkylation sites (tertiary alicyclic amines) is 1. The van der Waals surface area contributed by atoms with Crippen molar-refractivity contribution in [3.05, 3.63) is 28.5 Å². The van der Waals surface area contributed by atoms with Gasteiger partial charge in [0.25, 0.3) is 5.91 Å². The fourth-order valence-corrected chi connectivity index (χ4v) is 2.63. The summed E-state index contributed by atoms with van der Waals surface area (Å²) < 4.78 is 19.1. The molecule has 1 aromatic carbocycles. The standard InChI is InChI=1S/C14H17BrFNO2/c1-10(14(18)17-7-3-2-4-8-17)19-13-6-5-11(16)9-12(13)15/h5-6,9-10H,2-4,7-8H2,1H3. The monoisotopic (exact) mass is 329 g/mol. The fourth-order valence-electron chi connectivity index (χ4n) is 2.18. The van der Waals surface area contributed by atoms with Gasteiger partial charge in [0.05, 0.1) is 4.47 Å². The maximum atomic E-state index is 13.0. The molecule has 1 aliphatic heterocycles. The SMILES string of the molecule is CC(Oc1ccc(F)cc1Br)C(=O)N1CCCCC1. The fraction of sp³-hybridized carbons (Fsp3) is 0.500. The molecule has 0 spiro atoms. The molecule has 1 heterocycles. The van der Waals surface area contributed by atoms with Gasteiger partial charge in [0.1, 0.15) is 11.6 Å². The van der Waals surface area contributed by atoms with Crippen molar-refractivity contribution < 1.29 is 13.9 Å². The molecule has 1 atom stereocenters. The van der Waals surface area contributed by atoms with Crippen molar-refractivity contribution in [1.29, 1.82) is 0 Å². The van der Waals surface area contributed by atoms with Crippen LogP contribution in [0.5, 0.6) is 5.75 Å². The lowest BCUT2D eigenvalue weighted by atomic mass is 10.1. The first kappa shape index (κ1) is 14.3. The summed E-state index contributed by atoms with van der Waals surface area (Å²) in [5.41, 5.74) is 0. The Hall–Kier alpha value is -1.10. The molecule has 1 unspecified atom stereocenters. The van der Waals surface area contributed by atoms with E-state index in [2.05, 4.69) is 15.9 Å². The maximum Gasteiger partial charge on any atom is 0.263 e. The van der Waals surface area contributed by atoms with Gasteiger partial charge in [-0.25, -0.2) is 4.39 Å². The molecule has 0 N–H and O–H groups in total. The molecule has 0 aliphatic carbocycles. The van der Waals surface area contributed by atoms with Crippen molar-refractivity contribution in [2.75, 3.05) is 13.1 Å². The first-order valence-electron chi connectivity index (χ1n) is 6.48. The summed E-state index contributed by atoms with van der Waals surface area (Å²) >= 11 is 3.23. The van der Waals surface area contributed by atoms with Crippen molar-refractivity contribution in [1.82, 2.24) is 4.90 Å². The number of carbonyl (C=O) groups excluding carboxylic acids is 1. The quantitative estimate of drug-likeness (QED) is 0.850. The minimum atomic E-state index is -0.556. The normalized spacial score (nSPS) is 17.1. The highest BCUT2D eigenvalue weighted by molar-refractivity contribution is 9.10. The number of rotatable bonds is 3. The van der Waals surface area contributed by atoms with Crippen LogP contribution in [0.3, 0.4) is 0 Å². The summed E-state index contributed by atoms with van der Waals surface area (Å²) in [5.74, 6) is 0.143. The first-order chi connectivity index (χ1) is 9.08. The largest absolute Gasteiger partial charge is 0.480 e. The number of hydrogen-bond donors (Lipinski definition) is 0. The van der Waals surface area contributed by atoms with E-state index in [-0.39, 0.29) is 11.7 Å². The van der Waals surface area contributed by atoms with E-state index in [9.17, 15) is 9.18 Å². The molecule has 0 radical (unpaired) electrons. The van der Waals surface area contributed by atoms with Crippen LogP contribution >= 0.6 is 15.9 Å². The molecule has 0 aromatic heterocycles. The lowest BCUT2D eigenvalue weighted by Crippen LogP contribution is -2.43. The summed E-state index contributed by atoms with van der Waals surface area (Å²) in [6.45, 7) is 3.33. The van der Waals surface area contributed by atoms with E-state index in [1.54, 1.807) is 6.92 Å². The number of nitrogens with zero attached hydrogens (tertiary/aromatic N) is 1. The third kappa shape index (κ3) is 3.69. The minimum absolute atomic E-state index is 0.00377. The Bertz CT molecular complexity index is 461. The molecular formula is C14H17BrFNO2. The summed E-state index contributed by atoms with van der Waals surface area (Å²) in [7, 11) is 0. The molecule has 1 saturated heterocycles. The molecule has 0 bridgehead atoms. The highest BCUT2D eigenvalue weighted by atomic mass is 79.9. The number of piperidine rings is 1. The predicted octanol–water partition coefficient (Wildman–Crippen LogP) is 3.37. The van der Waals surface area contributed by atoms with Crippen molar-refractivity contribution >= 4 is 21.8 Å². The predicted molar refractivity (Wildman–Crippen MR) is 74.6 cm³/mol. The second-order valence-corrected chi connectivity index (χ2v) is 5.58. The van der Waals surface area contributed by atoms with Crippen LogP contribution < -0.4 is 4.74 Å². The number of carbonyl (C=O) groups is 1. The lowest BCUT2D eigenvalue weighted by Gasteiger charge is -2.29. The van der Waals surface area contributed by atoms with Crippen molar-refractivity contribution in [2.45, 2.75) is 32.3 Å². The van der Waals surface area contributed by atoms with Crippen LogP contribution in [-0.4, -0.2) is 30.0 Å². The molecule has 0 saturated carbocycles. The van der Waals surface area contributed by atoms with E-state index in [1.807, 2.05) is 4.90 Å². The van der Waals surface area contributed by atoms with Gasteiger partial charge in [-0.05, 0) is 60.3 Å². The van der Waals surface area contributed by atoms with E-state index in [0.29, 0.717) is 10.2 Å². The van der Waals surface area contributed by atoms with Gasteiger partial charge in [0, 0.05) is 13.1 Å². The average Bonchev–Trinajstić information content (AvgIpc) is 2.42. The summed E-state index contributed by atoms with van der Waals surface area (Å²) in [5, 5.41) is 0. The molecular weight excluding hydrogens is 313 g/mol. The second kappa shape index (κ2) is 6.37. The van der Waals surface area contributed by atoms with Crippen LogP contribution in [-0.2, 0) is 4.79 Å². The Morgan fingerprint density at radius 3 is 2.68 bits per heavy atom. The number of halogens is 2. The topological polar surface area (TPSA) is 29.5 Å². The van der Waals surface area contributed by atoms with Crippen LogP contribution in [0.1, 0.15) is 26.2 Å². The highest BCUT2D eigenvalue weighted by Gasteiger charge is 2.23. The summed E-state index contributed by atoms with van der Waals surface area (Å²) in [6.07, 6.45) is 2.74. The van der Waals surface area contributed by atoms with E-state index in [0.717, 1.165) is 25.9 Å². The summed E-state index contributed by atoms with van der Waals surface area (Å²) in [6, 6.07) is 4.17. The molecule has 1 aromatic rings. The molecule has 1 amide bonds. The van der Waals surface area contributed by atoms with Crippen molar-refractivity contribution in [3.8, 4) is 5.75 Å². The first-order valence-corrected chi connectivity index (χ1v) is 7.28. The van der Waals surface area contributed by atoms with E-state index in [1.165, 1.54) is 24.6 Å². The van der Waals surface area contributed by atoms with Crippen molar-refractivity contribution in [3.63, 3.8) is 0 Å². The molecule has 5 heteroatoms. The molecule has 19 heavy (non-hydrogen) atoms. The van der Waals surface area contributed by atoms with Crippen LogP contribution in [0.25, 0.3) is 0 Å². The van der Waals surface area contributed by atoms with E-state index < -0.39 is 6.10 Å². The lowest BCUT2D eigenvalue weighted by molar-refractivity contribution is -0.138. The van der Waals surface area contributed by atoms with Gasteiger partial charge in [-0.1, -0.05) is 0 Å². The van der Waals surface area contributed by atoms with Crippen molar-refractivity contribution in [2.24, 2.45) is 0 Å². The zero-order valence-electron chi connectivity index (χ0n) is 10.9. The number of hydrogen-bond acceptors (Lipinski definition) is 2. The second-order valence-electron chi connectivity index (χ2n) is 4.72. The minimum Gasteiger partial charge on any atom is -0.480 e. The number of ether oxygens (including phenoxy) is 1. The Balaban J connectivity index is 1.99. The smallest absolute Gasteiger partial charge is 0.263 e. The average molecular weight is 330 g/mol. The van der Waals surface area contributed by atoms with Gasteiger partial charge >= 0.3 is 0 Å². The third-order valence-corrected chi connectivity index (χ3v) is 3.83. The van der Waals surface area contributed by atoms with Crippen LogP contribution in [0, 0.1) is 5.82 Å². The molecule has 3 nitrogen and oxygen atoms in total. The van der Waals surface area contributed by atoms with Gasteiger partial charge in [0.2, 0.25) is 0 Å². The van der Waals surface area contributed by atoms with Gasteiger partial charge in [0.15, 0.2) is 6.10 Å². The Morgan fingerprint density at radius 2 is 2.05 bits per heavy atom. The maximum absolute atomic E-state index is 13.0. The van der Waals surface area contributed by atoms with E-state index >= 15 is 0 Å². The van der Waals surface area contributed by atoms with Crippen LogP contribution in [0.4, 0.5) is 4.39 Å². The van der Waals surface area contributed by atoms with Gasteiger partial charge in [-0.15, -0.1) is 0 Å². The molecule has 1 fully saturated rings. The Morgan fingerprint density at radius 1 is 1.37 bits per heavy atom. The Labute approximate surface area is 120 Å².